The van der Waals surface area contributed by atoms with Gasteiger partial charge >= 0.3 is 0 Å². The lowest BCUT2D eigenvalue weighted by atomic mass is 10.1. The van der Waals surface area contributed by atoms with Crippen LogP contribution in [0.1, 0.15) is 29.5 Å². The second kappa shape index (κ2) is 6.74. The van der Waals surface area contributed by atoms with Crippen LogP contribution in [-0.4, -0.2) is 32.3 Å². The van der Waals surface area contributed by atoms with Crippen molar-refractivity contribution in [3.05, 3.63) is 69.5 Å². The molecule has 1 fully saturated rings. The normalized spacial score (nSPS) is 14.0. The van der Waals surface area contributed by atoms with E-state index >= 15 is 0 Å². The number of benzene rings is 2. The quantitative estimate of drug-likeness (QED) is 0.543. The second-order valence-electron chi connectivity index (χ2n) is 7.55. The Morgan fingerprint density at radius 2 is 1.83 bits per heavy atom. The number of aromatic nitrogens is 4. The van der Waals surface area contributed by atoms with Crippen molar-refractivity contribution in [2.24, 2.45) is 0 Å². The Morgan fingerprint density at radius 3 is 2.55 bits per heavy atom. The molecule has 0 amide bonds. The highest BCUT2D eigenvalue weighted by Gasteiger charge is 2.22. The van der Waals surface area contributed by atoms with Crippen LogP contribution in [0, 0.1) is 18.3 Å². The van der Waals surface area contributed by atoms with Crippen molar-refractivity contribution in [3.8, 4) is 6.07 Å². The third kappa shape index (κ3) is 2.85. The van der Waals surface area contributed by atoms with Crippen molar-refractivity contribution in [1.29, 1.82) is 5.26 Å². The van der Waals surface area contributed by atoms with E-state index in [0.29, 0.717) is 23.3 Å². The maximum absolute atomic E-state index is 13.4. The van der Waals surface area contributed by atoms with Crippen LogP contribution < -0.4 is 10.5 Å². The summed E-state index contributed by atoms with van der Waals surface area (Å²) in [5, 5.41) is 18.5. The summed E-state index contributed by atoms with van der Waals surface area (Å²) >= 11 is 0. The van der Waals surface area contributed by atoms with Gasteiger partial charge in [-0.2, -0.15) is 5.26 Å². The van der Waals surface area contributed by atoms with E-state index in [4.69, 9.17) is 5.26 Å². The van der Waals surface area contributed by atoms with Gasteiger partial charge in [0.1, 0.15) is 0 Å². The van der Waals surface area contributed by atoms with E-state index in [9.17, 15) is 4.79 Å². The molecule has 0 radical (unpaired) electrons. The van der Waals surface area contributed by atoms with Crippen LogP contribution in [0.15, 0.2) is 47.3 Å². The number of hydrogen-bond acceptors (Lipinski definition) is 5. The van der Waals surface area contributed by atoms with E-state index in [1.165, 1.54) is 0 Å². The van der Waals surface area contributed by atoms with Crippen LogP contribution in [-0.2, 0) is 6.54 Å². The Bertz CT molecular complexity index is 1320. The van der Waals surface area contributed by atoms with E-state index in [2.05, 4.69) is 21.2 Å². The van der Waals surface area contributed by atoms with Gasteiger partial charge in [-0.25, -0.2) is 4.40 Å². The molecule has 1 saturated heterocycles. The van der Waals surface area contributed by atoms with Gasteiger partial charge in [0.2, 0.25) is 11.7 Å². The first-order valence-corrected chi connectivity index (χ1v) is 9.78. The van der Waals surface area contributed by atoms with E-state index in [-0.39, 0.29) is 5.56 Å². The molecule has 3 heterocycles. The van der Waals surface area contributed by atoms with E-state index in [1.807, 2.05) is 41.7 Å². The number of nitriles is 1. The standard InChI is InChI=1S/C22H20N6O/c1-15-4-9-19-18(12-15)20(29)27(14-17-7-5-16(13-23)6-8-17)22-25-24-21(28(19)22)26-10-2-3-11-26/h4-9,12H,2-3,10-11,14H2,1H3. The summed E-state index contributed by atoms with van der Waals surface area (Å²) in [6.45, 7) is 4.25. The molecule has 7 heteroatoms. The number of anilines is 1. The fourth-order valence-electron chi connectivity index (χ4n) is 4.04. The Kier molecular flexibility index (Phi) is 4.06. The molecule has 144 valence electrons. The summed E-state index contributed by atoms with van der Waals surface area (Å²) < 4.78 is 3.68. The van der Waals surface area contributed by atoms with E-state index in [1.54, 1.807) is 16.7 Å². The van der Waals surface area contributed by atoms with Crippen LogP contribution in [0.3, 0.4) is 0 Å². The SMILES string of the molecule is Cc1ccc2c(c1)c(=O)n(Cc1ccc(C#N)cc1)c1nnc(N3CCCC3)n21. The second-order valence-corrected chi connectivity index (χ2v) is 7.55. The van der Waals surface area contributed by atoms with Crippen LogP contribution in [0.25, 0.3) is 16.7 Å². The number of fused-ring (bicyclic) bond motifs is 3. The first-order chi connectivity index (χ1) is 14.2. The molecule has 0 unspecified atom stereocenters. The largest absolute Gasteiger partial charge is 0.341 e. The fourth-order valence-corrected chi connectivity index (χ4v) is 4.04. The van der Waals surface area contributed by atoms with Crippen molar-refractivity contribution in [2.45, 2.75) is 26.3 Å². The summed E-state index contributed by atoms with van der Waals surface area (Å²) in [7, 11) is 0. The molecule has 0 saturated carbocycles. The topological polar surface area (TPSA) is 79.2 Å². The summed E-state index contributed by atoms with van der Waals surface area (Å²) in [6, 6.07) is 15.3. The van der Waals surface area contributed by atoms with Crippen LogP contribution in [0.4, 0.5) is 5.95 Å². The zero-order valence-electron chi connectivity index (χ0n) is 16.2. The minimum absolute atomic E-state index is 0.0825. The molecular weight excluding hydrogens is 364 g/mol. The highest BCUT2D eigenvalue weighted by Crippen LogP contribution is 2.24. The third-order valence-corrected chi connectivity index (χ3v) is 5.55. The smallest absolute Gasteiger partial charge is 0.263 e. The number of hydrogen-bond donors (Lipinski definition) is 0. The summed E-state index contributed by atoms with van der Waals surface area (Å²) in [5.74, 6) is 1.33. The lowest BCUT2D eigenvalue weighted by Gasteiger charge is -2.17. The molecule has 29 heavy (non-hydrogen) atoms. The Balaban J connectivity index is 1.76. The van der Waals surface area contributed by atoms with Gasteiger partial charge in [-0.05, 0) is 49.6 Å². The number of aryl methyl sites for hydroxylation is 1. The highest BCUT2D eigenvalue weighted by atomic mass is 16.1. The van der Waals surface area contributed by atoms with Gasteiger partial charge in [-0.15, -0.1) is 10.2 Å². The number of nitrogens with zero attached hydrogens (tertiary/aromatic N) is 6. The summed E-state index contributed by atoms with van der Waals surface area (Å²) in [6.07, 6.45) is 2.27. The molecule has 7 nitrogen and oxygen atoms in total. The summed E-state index contributed by atoms with van der Waals surface area (Å²) in [5.41, 5.74) is 3.32. The molecule has 2 aromatic carbocycles. The van der Waals surface area contributed by atoms with Gasteiger partial charge in [0, 0.05) is 13.1 Å². The monoisotopic (exact) mass is 384 g/mol. The van der Waals surface area contributed by atoms with Crippen molar-refractivity contribution >= 4 is 22.6 Å². The summed E-state index contributed by atoms with van der Waals surface area (Å²) in [4.78, 5) is 15.6. The molecule has 5 rings (SSSR count). The predicted molar refractivity (Wildman–Crippen MR) is 111 cm³/mol. The molecule has 1 aliphatic heterocycles. The van der Waals surface area contributed by atoms with E-state index in [0.717, 1.165) is 48.5 Å². The highest BCUT2D eigenvalue weighted by molar-refractivity contribution is 5.82. The van der Waals surface area contributed by atoms with Crippen molar-refractivity contribution < 1.29 is 0 Å². The maximum atomic E-state index is 13.4. The lowest BCUT2D eigenvalue weighted by molar-refractivity contribution is 0.765. The van der Waals surface area contributed by atoms with Gasteiger partial charge in [-0.3, -0.25) is 9.36 Å². The van der Waals surface area contributed by atoms with Crippen molar-refractivity contribution in [3.63, 3.8) is 0 Å². The van der Waals surface area contributed by atoms with Gasteiger partial charge < -0.3 is 4.90 Å². The third-order valence-electron chi connectivity index (χ3n) is 5.55. The molecule has 0 N–H and O–H groups in total. The van der Waals surface area contributed by atoms with Crippen LogP contribution >= 0.6 is 0 Å². The van der Waals surface area contributed by atoms with E-state index < -0.39 is 0 Å². The fraction of sp³-hybridized carbons (Fsp3) is 0.273. The zero-order chi connectivity index (χ0) is 20.0. The molecular formula is C22H20N6O. The number of rotatable bonds is 3. The van der Waals surface area contributed by atoms with Gasteiger partial charge in [0.25, 0.3) is 5.56 Å². The van der Waals surface area contributed by atoms with Crippen molar-refractivity contribution in [2.75, 3.05) is 18.0 Å². The van der Waals surface area contributed by atoms with Gasteiger partial charge in [0.15, 0.2) is 0 Å². The molecule has 4 aromatic rings. The van der Waals surface area contributed by atoms with Crippen LogP contribution in [0.5, 0.6) is 0 Å². The maximum Gasteiger partial charge on any atom is 0.263 e. The first kappa shape index (κ1) is 17.4. The van der Waals surface area contributed by atoms with Gasteiger partial charge in [0.05, 0.1) is 29.1 Å². The minimum Gasteiger partial charge on any atom is -0.341 e. The molecule has 0 spiro atoms. The average molecular weight is 384 g/mol. The average Bonchev–Trinajstić information content (AvgIpc) is 3.41. The minimum atomic E-state index is -0.0825. The van der Waals surface area contributed by atoms with Gasteiger partial charge in [-0.1, -0.05) is 23.8 Å². The van der Waals surface area contributed by atoms with Crippen molar-refractivity contribution in [1.82, 2.24) is 19.2 Å². The molecule has 0 atom stereocenters. The Hall–Kier alpha value is -3.66. The lowest BCUT2D eigenvalue weighted by Crippen LogP contribution is -2.26. The Morgan fingerprint density at radius 1 is 1.07 bits per heavy atom. The first-order valence-electron chi connectivity index (χ1n) is 9.78. The molecule has 0 bridgehead atoms. The Labute approximate surface area is 167 Å². The molecule has 1 aliphatic rings. The molecule has 2 aromatic heterocycles. The zero-order valence-corrected chi connectivity index (χ0v) is 16.2. The van der Waals surface area contributed by atoms with Crippen LogP contribution in [0.2, 0.25) is 0 Å². The predicted octanol–water partition coefficient (Wildman–Crippen LogP) is 2.87. The molecule has 0 aliphatic carbocycles.